The van der Waals surface area contributed by atoms with Crippen LogP contribution in [-0.4, -0.2) is 69.4 Å². The van der Waals surface area contributed by atoms with Gasteiger partial charge >= 0.3 is 5.97 Å². The second kappa shape index (κ2) is 6.83. The molecule has 0 bridgehead atoms. The summed E-state index contributed by atoms with van der Waals surface area (Å²) >= 11 is 0. The van der Waals surface area contributed by atoms with E-state index < -0.39 is 46.2 Å². The Morgan fingerprint density at radius 1 is 1.47 bits per heavy atom. The number of rotatable bonds is 6. The van der Waals surface area contributed by atoms with Crippen LogP contribution in [0.5, 0.6) is 0 Å². The maximum absolute atomic E-state index is 11.5. The van der Waals surface area contributed by atoms with Gasteiger partial charge in [-0.1, -0.05) is 0 Å². The van der Waals surface area contributed by atoms with Crippen molar-refractivity contribution in [1.29, 1.82) is 0 Å². The lowest BCUT2D eigenvalue weighted by molar-refractivity contribution is -0.149. The normalized spacial score (nSPS) is 23.8. The third-order valence-electron chi connectivity index (χ3n) is 2.46. The van der Waals surface area contributed by atoms with Crippen molar-refractivity contribution in [1.82, 2.24) is 5.32 Å². The van der Waals surface area contributed by atoms with Crippen LogP contribution in [0.1, 0.15) is 6.42 Å². The van der Waals surface area contributed by atoms with Gasteiger partial charge < -0.3 is 19.9 Å². The first-order valence-corrected chi connectivity index (χ1v) is 7.72. The predicted molar refractivity (Wildman–Crippen MR) is 64.5 cm³/mol. The first kappa shape index (κ1) is 15.9. The number of carboxylic acid groups (broad SMARTS) is 1. The Balaban J connectivity index is 2.52. The number of carbonyl (C=O) groups is 2. The van der Waals surface area contributed by atoms with Gasteiger partial charge in [-0.15, -0.1) is 0 Å². The van der Waals surface area contributed by atoms with Crippen LogP contribution in [0.25, 0.3) is 0 Å². The molecule has 0 spiro atoms. The van der Waals surface area contributed by atoms with Crippen molar-refractivity contribution in [2.75, 3.05) is 31.8 Å². The van der Waals surface area contributed by atoms with E-state index in [4.69, 9.17) is 14.6 Å². The molecule has 2 N–H and O–H groups in total. The van der Waals surface area contributed by atoms with Gasteiger partial charge in [0.05, 0.1) is 12.6 Å². The Labute approximate surface area is 111 Å². The maximum atomic E-state index is 11.5. The summed E-state index contributed by atoms with van der Waals surface area (Å²) < 4.78 is 32.2. The summed E-state index contributed by atoms with van der Waals surface area (Å²) in [7, 11) is -3.40. The highest BCUT2D eigenvalue weighted by atomic mass is 32.2. The average Bonchev–Trinajstić information content (AvgIpc) is 2.25. The monoisotopic (exact) mass is 295 g/mol. The maximum Gasteiger partial charge on any atom is 0.329 e. The smallest absolute Gasteiger partial charge is 0.329 e. The summed E-state index contributed by atoms with van der Waals surface area (Å²) in [5, 5.41) is 11.1. The van der Waals surface area contributed by atoms with Crippen LogP contribution in [-0.2, 0) is 28.9 Å². The van der Waals surface area contributed by atoms with Gasteiger partial charge in [-0.25, -0.2) is 13.2 Å². The van der Waals surface area contributed by atoms with Crippen molar-refractivity contribution in [3.05, 3.63) is 0 Å². The molecule has 0 aromatic rings. The molecule has 9 heteroatoms. The zero-order valence-electron chi connectivity index (χ0n) is 10.5. The van der Waals surface area contributed by atoms with Crippen molar-refractivity contribution >= 4 is 21.7 Å². The highest BCUT2D eigenvalue weighted by Gasteiger charge is 2.29. The summed E-state index contributed by atoms with van der Waals surface area (Å²) in [6, 6.07) is -0.442. The average molecular weight is 295 g/mol. The van der Waals surface area contributed by atoms with E-state index in [0.29, 0.717) is 13.0 Å². The molecule has 0 aliphatic carbocycles. The van der Waals surface area contributed by atoms with Gasteiger partial charge in [-0.05, 0) is 6.42 Å². The first-order chi connectivity index (χ1) is 8.78. The van der Waals surface area contributed by atoms with E-state index in [1.165, 1.54) is 0 Å². The summed E-state index contributed by atoms with van der Waals surface area (Å²) in [4.78, 5) is 21.9. The van der Waals surface area contributed by atoms with Gasteiger partial charge in [0.1, 0.15) is 18.5 Å². The Morgan fingerprint density at radius 2 is 2.16 bits per heavy atom. The van der Waals surface area contributed by atoms with E-state index in [9.17, 15) is 18.0 Å². The van der Waals surface area contributed by atoms with Gasteiger partial charge in [0.15, 0.2) is 9.84 Å². The molecule has 1 amide bonds. The Bertz CT molecular complexity index is 433. The van der Waals surface area contributed by atoms with E-state index in [1.54, 1.807) is 0 Å². The van der Waals surface area contributed by atoms with Gasteiger partial charge in [0, 0.05) is 12.9 Å². The number of aliphatic carboxylic acids is 1. The minimum absolute atomic E-state index is 0.164. The quantitative estimate of drug-likeness (QED) is 0.606. The second-order valence-electron chi connectivity index (χ2n) is 4.35. The highest BCUT2D eigenvalue weighted by Crippen LogP contribution is 2.11. The molecule has 0 saturated carbocycles. The molecule has 1 aliphatic heterocycles. The fourth-order valence-electron chi connectivity index (χ4n) is 1.71. The summed E-state index contributed by atoms with van der Waals surface area (Å²) in [5.41, 5.74) is 0. The Hall–Kier alpha value is -1.19. The number of carbonyl (C=O) groups excluding carboxylic acids is 1. The summed E-state index contributed by atoms with van der Waals surface area (Å²) in [5.74, 6) is -2.35. The molecule has 1 aliphatic rings. The lowest BCUT2D eigenvalue weighted by Gasteiger charge is -2.31. The summed E-state index contributed by atoms with van der Waals surface area (Å²) in [6.07, 6.45) is 0.822. The van der Waals surface area contributed by atoms with Gasteiger partial charge in [0.2, 0.25) is 5.91 Å². The molecule has 19 heavy (non-hydrogen) atoms. The van der Waals surface area contributed by atoms with Crippen molar-refractivity contribution in [3.8, 4) is 0 Å². The van der Waals surface area contributed by atoms with E-state index in [-0.39, 0.29) is 6.61 Å². The number of nitrogens with one attached hydrogen (secondary N) is 1. The molecule has 1 saturated heterocycles. The number of amides is 1. The third-order valence-corrected chi connectivity index (χ3v) is 3.25. The largest absolute Gasteiger partial charge is 0.480 e. The number of carboxylic acids is 1. The van der Waals surface area contributed by atoms with E-state index in [0.717, 1.165) is 6.26 Å². The SMILES string of the molecule is CS(=O)(=O)CC(=O)N[C@@H]1CCOC[C@H]1OCC(=O)O. The van der Waals surface area contributed by atoms with E-state index in [2.05, 4.69) is 5.32 Å². The lowest BCUT2D eigenvalue weighted by atomic mass is 10.1. The molecule has 1 rings (SSSR count). The second-order valence-corrected chi connectivity index (χ2v) is 6.49. The fraction of sp³-hybridized carbons (Fsp3) is 0.800. The molecule has 8 nitrogen and oxygen atoms in total. The lowest BCUT2D eigenvalue weighted by Crippen LogP contribution is -2.51. The van der Waals surface area contributed by atoms with Crippen molar-refractivity contribution in [2.45, 2.75) is 18.6 Å². The minimum Gasteiger partial charge on any atom is -0.480 e. The molecule has 2 atom stereocenters. The number of hydrogen-bond donors (Lipinski definition) is 2. The standard InChI is InChI=1S/C10H17NO7S/c1-19(15,16)6-9(12)11-7-2-3-17-4-8(7)18-5-10(13)14/h7-8H,2-6H2,1H3,(H,11,12)(H,13,14)/t7-,8-/m1/s1. The van der Waals surface area contributed by atoms with Gasteiger partial charge in [-0.3, -0.25) is 4.79 Å². The zero-order valence-corrected chi connectivity index (χ0v) is 11.3. The third kappa shape index (κ3) is 6.50. The Kier molecular flexibility index (Phi) is 5.70. The molecule has 1 heterocycles. The highest BCUT2D eigenvalue weighted by molar-refractivity contribution is 7.91. The van der Waals surface area contributed by atoms with E-state index in [1.807, 2.05) is 0 Å². The molecule has 0 unspecified atom stereocenters. The summed E-state index contributed by atoms with van der Waals surface area (Å²) in [6.45, 7) is 0.0698. The molecular formula is C10H17NO7S. The minimum atomic E-state index is -3.40. The van der Waals surface area contributed by atoms with Crippen molar-refractivity contribution in [3.63, 3.8) is 0 Å². The van der Waals surface area contributed by atoms with Crippen LogP contribution in [0.4, 0.5) is 0 Å². The van der Waals surface area contributed by atoms with Crippen LogP contribution in [0.15, 0.2) is 0 Å². The Morgan fingerprint density at radius 3 is 2.74 bits per heavy atom. The molecule has 110 valence electrons. The molecular weight excluding hydrogens is 278 g/mol. The first-order valence-electron chi connectivity index (χ1n) is 5.66. The molecule has 0 aromatic carbocycles. The van der Waals surface area contributed by atoms with E-state index >= 15 is 0 Å². The molecule has 0 radical (unpaired) electrons. The number of ether oxygens (including phenoxy) is 2. The predicted octanol–water partition coefficient (Wildman–Crippen LogP) is -1.59. The van der Waals surface area contributed by atoms with Crippen LogP contribution in [0.2, 0.25) is 0 Å². The van der Waals surface area contributed by atoms with Crippen molar-refractivity contribution < 1.29 is 32.6 Å². The topological polar surface area (TPSA) is 119 Å². The van der Waals surface area contributed by atoms with Gasteiger partial charge in [0.25, 0.3) is 0 Å². The van der Waals surface area contributed by atoms with Crippen LogP contribution in [0.3, 0.4) is 0 Å². The molecule has 1 fully saturated rings. The van der Waals surface area contributed by atoms with Crippen molar-refractivity contribution in [2.24, 2.45) is 0 Å². The van der Waals surface area contributed by atoms with Gasteiger partial charge in [-0.2, -0.15) is 0 Å². The zero-order chi connectivity index (χ0) is 14.5. The number of sulfone groups is 1. The van der Waals surface area contributed by atoms with Crippen LogP contribution < -0.4 is 5.32 Å². The number of hydrogen-bond acceptors (Lipinski definition) is 6. The van der Waals surface area contributed by atoms with Crippen LogP contribution >= 0.6 is 0 Å². The molecule has 0 aromatic heterocycles. The fourth-order valence-corrected chi connectivity index (χ4v) is 2.27. The van der Waals surface area contributed by atoms with Crippen LogP contribution in [0, 0.1) is 0 Å².